The minimum Gasteiger partial charge on any atom is -0.273 e. The van der Waals surface area contributed by atoms with Gasteiger partial charge in [-0.05, 0) is 19.1 Å². The summed E-state index contributed by atoms with van der Waals surface area (Å²) in [6, 6.07) is 2.48. The molecule has 0 fully saturated rings. The van der Waals surface area contributed by atoms with Crippen molar-refractivity contribution in [2.24, 2.45) is 0 Å². The summed E-state index contributed by atoms with van der Waals surface area (Å²) in [5, 5.41) is 5.49. The van der Waals surface area contributed by atoms with Gasteiger partial charge in [-0.3, -0.25) is 5.10 Å². The second-order valence-corrected chi connectivity index (χ2v) is 3.21. The van der Waals surface area contributed by atoms with Gasteiger partial charge in [-0.25, -0.2) is 9.97 Å². The minimum absolute atomic E-state index is 0.151. The van der Waals surface area contributed by atoms with Gasteiger partial charge in [0.05, 0.1) is 5.69 Å². The molecular formula is C9H7F3N4. The fraction of sp³-hybridized carbons (Fsp3) is 0.222. The van der Waals surface area contributed by atoms with E-state index >= 15 is 0 Å². The Kier molecular flexibility index (Phi) is 2.37. The van der Waals surface area contributed by atoms with Gasteiger partial charge in [0.15, 0.2) is 0 Å². The molecule has 2 heterocycles. The van der Waals surface area contributed by atoms with Gasteiger partial charge in [0, 0.05) is 5.69 Å². The molecule has 0 bridgehead atoms. The molecule has 0 aliphatic carbocycles. The predicted molar refractivity (Wildman–Crippen MR) is 49.4 cm³/mol. The number of alkyl halides is 3. The molecule has 0 saturated carbocycles. The van der Waals surface area contributed by atoms with Gasteiger partial charge >= 0.3 is 6.18 Å². The average molecular weight is 228 g/mol. The molecule has 0 unspecified atom stereocenters. The number of nitrogens with one attached hydrogen (secondary N) is 1. The molecule has 1 N–H and O–H groups in total. The summed E-state index contributed by atoms with van der Waals surface area (Å²) in [6.45, 7) is 1.72. The Morgan fingerprint density at radius 2 is 1.88 bits per heavy atom. The van der Waals surface area contributed by atoms with Crippen LogP contribution in [0.5, 0.6) is 0 Å². The zero-order chi connectivity index (χ0) is 11.8. The van der Waals surface area contributed by atoms with E-state index in [0.29, 0.717) is 11.4 Å². The Hall–Kier alpha value is -1.92. The molecule has 0 atom stereocenters. The molecule has 0 aliphatic rings. The van der Waals surface area contributed by atoms with Crippen LogP contribution in [0, 0.1) is 6.92 Å². The third kappa shape index (κ3) is 2.02. The normalized spacial score (nSPS) is 11.8. The van der Waals surface area contributed by atoms with Gasteiger partial charge in [0.2, 0.25) is 0 Å². The van der Waals surface area contributed by atoms with Crippen molar-refractivity contribution < 1.29 is 13.2 Å². The summed E-state index contributed by atoms with van der Waals surface area (Å²) in [7, 11) is 0. The quantitative estimate of drug-likeness (QED) is 0.813. The van der Waals surface area contributed by atoms with Crippen LogP contribution in [-0.2, 0) is 6.18 Å². The van der Waals surface area contributed by atoms with E-state index in [2.05, 4.69) is 15.1 Å². The first-order chi connectivity index (χ1) is 7.47. The molecule has 2 aromatic rings. The molecule has 2 rings (SSSR count). The molecule has 0 saturated heterocycles. The topological polar surface area (TPSA) is 54.5 Å². The Labute approximate surface area is 88.6 Å². The van der Waals surface area contributed by atoms with Crippen LogP contribution in [0.3, 0.4) is 0 Å². The third-order valence-electron chi connectivity index (χ3n) is 1.95. The number of nitrogens with zero attached hydrogens (tertiary/aromatic N) is 3. The van der Waals surface area contributed by atoms with E-state index in [4.69, 9.17) is 0 Å². The first-order valence-electron chi connectivity index (χ1n) is 4.38. The van der Waals surface area contributed by atoms with Gasteiger partial charge in [-0.2, -0.15) is 18.3 Å². The van der Waals surface area contributed by atoms with E-state index in [-0.39, 0.29) is 5.69 Å². The van der Waals surface area contributed by atoms with Crippen molar-refractivity contribution in [1.82, 2.24) is 20.2 Å². The van der Waals surface area contributed by atoms with E-state index < -0.39 is 11.9 Å². The van der Waals surface area contributed by atoms with Crippen molar-refractivity contribution in [3.05, 3.63) is 29.8 Å². The Balaban J connectivity index is 2.39. The molecule has 0 amide bonds. The molecule has 7 heteroatoms. The highest BCUT2D eigenvalue weighted by Gasteiger charge is 2.33. The van der Waals surface area contributed by atoms with Crippen LogP contribution < -0.4 is 0 Å². The number of aryl methyl sites for hydroxylation is 1. The zero-order valence-corrected chi connectivity index (χ0v) is 8.21. The average Bonchev–Trinajstić information content (AvgIpc) is 2.65. The third-order valence-corrected chi connectivity index (χ3v) is 1.95. The van der Waals surface area contributed by atoms with Crippen LogP contribution in [0.4, 0.5) is 13.2 Å². The molecule has 4 nitrogen and oxygen atoms in total. The summed E-state index contributed by atoms with van der Waals surface area (Å²) >= 11 is 0. The maximum absolute atomic E-state index is 12.3. The lowest BCUT2D eigenvalue weighted by Gasteiger charge is -1.99. The molecule has 84 valence electrons. The lowest BCUT2D eigenvalue weighted by atomic mass is 10.2. The van der Waals surface area contributed by atoms with E-state index in [9.17, 15) is 13.2 Å². The lowest BCUT2D eigenvalue weighted by molar-refractivity contribution is -0.141. The van der Waals surface area contributed by atoms with Gasteiger partial charge in [0.25, 0.3) is 0 Å². The van der Waals surface area contributed by atoms with Gasteiger partial charge in [-0.15, -0.1) is 0 Å². The molecular weight excluding hydrogens is 221 g/mol. The van der Waals surface area contributed by atoms with Crippen LogP contribution in [0.15, 0.2) is 18.5 Å². The lowest BCUT2D eigenvalue weighted by Crippen LogP contribution is -2.04. The molecule has 0 aromatic carbocycles. The van der Waals surface area contributed by atoms with E-state index in [1.165, 1.54) is 6.33 Å². The Bertz CT molecular complexity index is 503. The van der Waals surface area contributed by atoms with Crippen molar-refractivity contribution in [2.45, 2.75) is 13.1 Å². The Morgan fingerprint density at radius 1 is 1.12 bits per heavy atom. The van der Waals surface area contributed by atoms with Crippen molar-refractivity contribution in [1.29, 1.82) is 0 Å². The highest BCUT2D eigenvalue weighted by molar-refractivity contribution is 5.54. The molecule has 16 heavy (non-hydrogen) atoms. The van der Waals surface area contributed by atoms with Gasteiger partial charge in [0.1, 0.15) is 17.7 Å². The highest BCUT2D eigenvalue weighted by atomic mass is 19.4. The summed E-state index contributed by atoms with van der Waals surface area (Å²) in [5.41, 5.74) is 0.289. The number of halogens is 3. The van der Waals surface area contributed by atoms with Crippen molar-refractivity contribution >= 4 is 0 Å². The van der Waals surface area contributed by atoms with Crippen LogP contribution in [-0.4, -0.2) is 20.2 Å². The number of hydrogen-bond donors (Lipinski definition) is 1. The number of aromatic amines is 1. The summed E-state index contributed by atoms with van der Waals surface area (Å²) in [4.78, 5) is 7.69. The maximum atomic E-state index is 12.3. The smallest absolute Gasteiger partial charge is 0.273 e. The molecule has 0 spiro atoms. The van der Waals surface area contributed by atoms with Crippen molar-refractivity contribution in [3.63, 3.8) is 0 Å². The van der Waals surface area contributed by atoms with Crippen LogP contribution in [0.2, 0.25) is 0 Å². The summed E-state index contributed by atoms with van der Waals surface area (Å²) in [5.74, 6) is 0. The largest absolute Gasteiger partial charge is 0.432 e. The van der Waals surface area contributed by atoms with E-state index in [1.54, 1.807) is 13.0 Å². The number of aromatic nitrogens is 4. The summed E-state index contributed by atoms with van der Waals surface area (Å²) in [6.07, 6.45) is -3.14. The highest BCUT2D eigenvalue weighted by Crippen LogP contribution is 2.29. The van der Waals surface area contributed by atoms with Gasteiger partial charge < -0.3 is 0 Å². The van der Waals surface area contributed by atoms with E-state index in [1.807, 2.05) is 5.10 Å². The minimum atomic E-state index is -4.42. The first-order valence-corrected chi connectivity index (χ1v) is 4.38. The second-order valence-electron chi connectivity index (χ2n) is 3.21. The van der Waals surface area contributed by atoms with Crippen molar-refractivity contribution in [2.75, 3.05) is 0 Å². The SMILES string of the molecule is Cc1cc(-c2cc(C(F)(F)F)[nH]n2)ncn1. The summed E-state index contributed by atoms with van der Waals surface area (Å²) < 4.78 is 36.9. The standard InChI is InChI=1S/C9H7F3N4/c1-5-2-6(14-4-13-5)7-3-8(16-15-7)9(10,11)12/h2-4H,1H3,(H,15,16). The number of hydrogen-bond acceptors (Lipinski definition) is 3. The molecule has 2 aromatic heterocycles. The van der Waals surface area contributed by atoms with Gasteiger partial charge in [-0.1, -0.05) is 0 Å². The predicted octanol–water partition coefficient (Wildman–Crippen LogP) is 2.19. The second kappa shape index (κ2) is 3.58. The molecule has 0 aliphatic heterocycles. The number of rotatable bonds is 1. The Morgan fingerprint density at radius 3 is 2.44 bits per heavy atom. The zero-order valence-electron chi connectivity index (χ0n) is 8.21. The fourth-order valence-electron chi connectivity index (χ4n) is 1.19. The van der Waals surface area contributed by atoms with Crippen LogP contribution in [0.1, 0.15) is 11.4 Å². The monoisotopic (exact) mass is 228 g/mol. The number of H-pyrrole nitrogens is 1. The van der Waals surface area contributed by atoms with E-state index in [0.717, 1.165) is 6.07 Å². The first kappa shape index (κ1) is 10.6. The van der Waals surface area contributed by atoms with Crippen LogP contribution in [0.25, 0.3) is 11.4 Å². The molecule has 0 radical (unpaired) electrons. The van der Waals surface area contributed by atoms with Crippen LogP contribution >= 0.6 is 0 Å². The maximum Gasteiger partial charge on any atom is 0.432 e. The van der Waals surface area contributed by atoms with Crippen molar-refractivity contribution in [3.8, 4) is 11.4 Å². The fourth-order valence-corrected chi connectivity index (χ4v) is 1.19.